The highest BCUT2D eigenvalue weighted by atomic mass is 35.5. The van der Waals surface area contributed by atoms with Crippen LogP contribution < -0.4 is 0 Å². The van der Waals surface area contributed by atoms with Crippen LogP contribution in [-0.4, -0.2) is 20.9 Å². The van der Waals surface area contributed by atoms with Gasteiger partial charge in [-0.3, -0.25) is 0 Å². The van der Waals surface area contributed by atoms with Crippen molar-refractivity contribution in [3.63, 3.8) is 0 Å². The van der Waals surface area contributed by atoms with Gasteiger partial charge in [-0.05, 0) is 25.0 Å². The van der Waals surface area contributed by atoms with E-state index < -0.39 is 0 Å². The van der Waals surface area contributed by atoms with Crippen molar-refractivity contribution >= 4 is 22.6 Å². The lowest BCUT2D eigenvalue weighted by Crippen LogP contribution is -2.00. The number of benzene rings is 1. The van der Waals surface area contributed by atoms with Gasteiger partial charge in [-0.2, -0.15) is 0 Å². The molecule has 15 heavy (non-hydrogen) atoms. The zero-order valence-corrected chi connectivity index (χ0v) is 9.32. The number of alkyl halides is 1. The summed E-state index contributed by atoms with van der Waals surface area (Å²) >= 11 is 5.62. The summed E-state index contributed by atoms with van der Waals surface area (Å²) in [7, 11) is 0. The summed E-state index contributed by atoms with van der Waals surface area (Å²) in [6.07, 6.45) is 3.34. The van der Waals surface area contributed by atoms with Crippen LogP contribution >= 0.6 is 11.6 Å². The van der Waals surface area contributed by atoms with Crippen molar-refractivity contribution < 1.29 is 0 Å². The molecule has 0 fully saturated rings. The number of aromatic nitrogens is 3. The molecule has 80 valence electrons. The Morgan fingerprint density at radius 2 is 2.00 bits per heavy atom. The van der Waals surface area contributed by atoms with Crippen LogP contribution in [0.1, 0.15) is 19.3 Å². The number of nitrogens with zero attached hydrogens (tertiary/aromatic N) is 3. The lowest BCUT2D eigenvalue weighted by atomic mass is 10.2. The van der Waals surface area contributed by atoms with E-state index in [-0.39, 0.29) is 0 Å². The molecule has 0 amide bonds. The molecule has 0 aliphatic carbocycles. The summed E-state index contributed by atoms with van der Waals surface area (Å²) in [4.78, 5) is 0. The van der Waals surface area contributed by atoms with E-state index in [0.717, 1.165) is 42.7 Å². The fourth-order valence-electron chi connectivity index (χ4n) is 1.62. The molecular weight excluding hydrogens is 210 g/mol. The quantitative estimate of drug-likeness (QED) is 0.577. The Morgan fingerprint density at radius 3 is 2.87 bits per heavy atom. The molecule has 1 heterocycles. The Bertz CT molecular complexity index is 424. The standard InChI is InChI=1S/C11H14ClN3/c12-8-4-1-5-9-15-11-7-3-2-6-10(11)13-14-15/h2-3,6-7H,1,4-5,8-9H2. The fraction of sp³-hybridized carbons (Fsp3) is 0.455. The first-order valence-electron chi connectivity index (χ1n) is 5.26. The van der Waals surface area contributed by atoms with E-state index in [1.54, 1.807) is 0 Å². The van der Waals surface area contributed by atoms with Crippen LogP contribution in [0.15, 0.2) is 24.3 Å². The van der Waals surface area contributed by atoms with E-state index in [4.69, 9.17) is 11.6 Å². The molecular formula is C11H14ClN3. The highest BCUT2D eigenvalue weighted by molar-refractivity contribution is 6.17. The second-order valence-electron chi connectivity index (χ2n) is 3.55. The lowest BCUT2D eigenvalue weighted by molar-refractivity contribution is 0.551. The van der Waals surface area contributed by atoms with E-state index in [1.807, 2.05) is 22.9 Å². The molecule has 0 N–H and O–H groups in total. The predicted molar refractivity (Wildman–Crippen MR) is 62.1 cm³/mol. The third-order valence-electron chi connectivity index (χ3n) is 2.42. The molecule has 0 radical (unpaired) electrons. The maximum absolute atomic E-state index is 5.62. The topological polar surface area (TPSA) is 30.7 Å². The largest absolute Gasteiger partial charge is 0.245 e. The van der Waals surface area contributed by atoms with Gasteiger partial charge in [-0.25, -0.2) is 4.68 Å². The normalized spacial score (nSPS) is 11.0. The van der Waals surface area contributed by atoms with Crippen molar-refractivity contribution in [3.05, 3.63) is 24.3 Å². The van der Waals surface area contributed by atoms with Gasteiger partial charge in [0.2, 0.25) is 0 Å². The molecule has 0 saturated heterocycles. The summed E-state index contributed by atoms with van der Waals surface area (Å²) in [5.74, 6) is 0.748. The van der Waals surface area contributed by atoms with Crippen molar-refractivity contribution in [3.8, 4) is 0 Å². The lowest BCUT2D eigenvalue weighted by Gasteiger charge is -2.00. The van der Waals surface area contributed by atoms with Crippen LogP contribution in [0.4, 0.5) is 0 Å². The van der Waals surface area contributed by atoms with Crippen LogP contribution in [0.3, 0.4) is 0 Å². The van der Waals surface area contributed by atoms with Crippen molar-refractivity contribution in [2.45, 2.75) is 25.8 Å². The predicted octanol–water partition coefficient (Wildman–Crippen LogP) is 2.84. The zero-order valence-electron chi connectivity index (χ0n) is 8.56. The molecule has 0 spiro atoms. The number of para-hydroxylation sites is 1. The number of rotatable bonds is 5. The van der Waals surface area contributed by atoms with Crippen LogP contribution in [0.2, 0.25) is 0 Å². The second-order valence-corrected chi connectivity index (χ2v) is 3.93. The van der Waals surface area contributed by atoms with Gasteiger partial charge in [0.1, 0.15) is 5.52 Å². The minimum Gasteiger partial charge on any atom is -0.245 e. The minimum atomic E-state index is 0.748. The average molecular weight is 224 g/mol. The van der Waals surface area contributed by atoms with Crippen molar-refractivity contribution in [1.82, 2.24) is 15.0 Å². The molecule has 0 unspecified atom stereocenters. The molecule has 0 saturated carbocycles. The van der Waals surface area contributed by atoms with Crippen molar-refractivity contribution in [2.75, 3.05) is 5.88 Å². The smallest absolute Gasteiger partial charge is 0.113 e. The number of hydrogen-bond donors (Lipinski definition) is 0. The van der Waals surface area contributed by atoms with Gasteiger partial charge in [0.25, 0.3) is 0 Å². The first kappa shape index (κ1) is 10.4. The number of aryl methyl sites for hydroxylation is 1. The molecule has 1 aromatic carbocycles. The number of hydrogen-bond acceptors (Lipinski definition) is 2. The van der Waals surface area contributed by atoms with Gasteiger partial charge in [0.15, 0.2) is 0 Å². The fourth-order valence-corrected chi connectivity index (χ4v) is 1.80. The third-order valence-corrected chi connectivity index (χ3v) is 2.69. The average Bonchev–Trinajstić information content (AvgIpc) is 2.68. The molecule has 4 heteroatoms. The van der Waals surface area contributed by atoms with Gasteiger partial charge in [-0.15, -0.1) is 16.7 Å². The number of halogens is 1. The maximum atomic E-state index is 5.62. The highest BCUT2D eigenvalue weighted by Gasteiger charge is 2.01. The Labute approximate surface area is 94.0 Å². The number of fused-ring (bicyclic) bond motifs is 1. The van der Waals surface area contributed by atoms with E-state index >= 15 is 0 Å². The Morgan fingerprint density at radius 1 is 1.13 bits per heavy atom. The van der Waals surface area contributed by atoms with E-state index in [2.05, 4.69) is 16.4 Å². The highest BCUT2D eigenvalue weighted by Crippen LogP contribution is 2.10. The van der Waals surface area contributed by atoms with Crippen LogP contribution in [0.5, 0.6) is 0 Å². The van der Waals surface area contributed by atoms with Crippen LogP contribution in [0, 0.1) is 0 Å². The van der Waals surface area contributed by atoms with Gasteiger partial charge in [0, 0.05) is 12.4 Å². The third kappa shape index (κ3) is 2.48. The molecule has 0 aliphatic heterocycles. The van der Waals surface area contributed by atoms with Crippen molar-refractivity contribution in [2.24, 2.45) is 0 Å². The summed E-state index contributed by atoms with van der Waals surface area (Å²) in [6, 6.07) is 8.03. The molecule has 0 aliphatic rings. The summed E-state index contributed by atoms with van der Waals surface area (Å²) in [5, 5.41) is 8.23. The first-order chi connectivity index (χ1) is 7.42. The second kappa shape index (κ2) is 5.12. The van der Waals surface area contributed by atoms with E-state index in [1.165, 1.54) is 0 Å². The van der Waals surface area contributed by atoms with E-state index in [9.17, 15) is 0 Å². The molecule has 2 rings (SSSR count). The molecule has 3 nitrogen and oxygen atoms in total. The van der Waals surface area contributed by atoms with Crippen LogP contribution in [-0.2, 0) is 6.54 Å². The Balaban J connectivity index is 2.02. The Hall–Kier alpha value is -1.09. The zero-order chi connectivity index (χ0) is 10.5. The molecule has 2 aromatic rings. The summed E-state index contributed by atoms with van der Waals surface area (Å²) < 4.78 is 1.96. The first-order valence-corrected chi connectivity index (χ1v) is 5.79. The summed E-state index contributed by atoms with van der Waals surface area (Å²) in [5.41, 5.74) is 2.08. The maximum Gasteiger partial charge on any atom is 0.113 e. The van der Waals surface area contributed by atoms with Gasteiger partial charge >= 0.3 is 0 Å². The van der Waals surface area contributed by atoms with Crippen LogP contribution in [0.25, 0.3) is 11.0 Å². The molecule has 1 aromatic heterocycles. The van der Waals surface area contributed by atoms with Crippen molar-refractivity contribution in [1.29, 1.82) is 0 Å². The number of unbranched alkanes of at least 4 members (excludes halogenated alkanes) is 2. The molecule has 0 atom stereocenters. The van der Waals surface area contributed by atoms with E-state index in [0.29, 0.717) is 0 Å². The van der Waals surface area contributed by atoms with Gasteiger partial charge in [0.05, 0.1) is 5.52 Å². The Kier molecular flexibility index (Phi) is 3.56. The monoisotopic (exact) mass is 223 g/mol. The minimum absolute atomic E-state index is 0.748. The SMILES string of the molecule is ClCCCCCn1nnc2ccccc21. The van der Waals surface area contributed by atoms with Gasteiger partial charge in [-0.1, -0.05) is 23.8 Å². The molecule has 0 bridgehead atoms. The van der Waals surface area contributed by atoms with Gasteiger partial charge < -0.3 is 0 Å². The summed E-state index contributed by atoms with van der Waals surface area (Å²) in [6.45, 7) is 0.928.